The summed E-state index contributed by atoms with van der Waals surface area (Å²) in [4.78, 5) is 21.9. The Kier molecular flexibility index (Phi) is 18.0. The van der Waals surface area contributed by atoms with Gasteiger partial charge in [-0.25, -0.2) is 0 Å². The molecule has 0 spiro atoms. The third-order valence-electron chi connectivity index (χ3n) is 1.79. The molecule has 0 aliphatic rings. The van der Waals surface area contributed by atoms with Crippen LogP contribution < -0.4 is 69.3 Å². The van der Waals surface area contributed by atoms with Gasteiger partial charge in [0.15, 0.2) is 0 Å². The van der Waals surface area contributed by atoms with Gasteiger partial charge in [-0.1, -0.05) is 0 Å². The number of aliphatic carboxylic acids is 2. The number of carboxylic acid groups (broad SMARTS) is 2. The van der Waals surface area contributed by atoms with Crippen molar-refractivity contribution in [1.29, 1.82) is 0 Å². The second kappa shape index (κ2) is 13.3. The Labute approximate surface area is 145 Å². The van der Waals surface area contributed by atoms with Crippen LogP contribution in [0, 0.1) is 0 Å². The molecule has 6 nitrogen and oxygen atoms in total. The molecule has 0 rings (SSSR count). The molecule has 0 aliphatic heterocycles. The summed E-state index contributed by atoms with van der Waals surface area (Å²) in [7, 11) is 0. The minimum atomic E-state index is -1.20. The Morgan fingerprint density at radius 1 is 1.12 bits per heavy atom. The molecule has 88 valence electrons. The van der Waals surface area contributed by atoms with Gasteiger partial charge >= 0.3 is 59.1 Å². The molecule has 0 saturated carbocycles. The van der Waals surface area contributed by atoms with Crippen LogP contribution in [0.3, 0.4) is 0 Å². The number of hydrogen-bond donors (Lipinski definition) is 1. The molecule has 0 saturated heterocycles. The molecule has 0 aromatic carbocycles. The van der Waals surface area contributed by atoms with Crippen molar-refractivity contribution in [2.45, 2.75) is 25.9 Å². The topological polar surface area (TPSA) is 104 Å². The molecular formula is C9H15NNa2O5. The molecule has 1 N–H and O–H groups in total. The second-order valence-corrected chi connectivity index (χ2v) is 3.39. The zero-order valence-electron chi connectivity index (χ0n) is 10.6. The van der Waals surface area contributed by atoms with E-state index in [1.54, 1.807) is 11.8 Å². The molecular weight excluding hydrogens is 248 g/mol. The summed E-state index contributed by atoms with van der Waals surface area (Å²) < 4.78 is 0. The van der Waals surface area contributed by atoms with E-state index in [0.29, 0.717) is 0 Å². The maximum absolute atomic E-state index is 10.2. The van der Waals surface area contributed by atoms with Crippen molar-refractivity contribution >= 4 is 11.9 Å². The van der Waals surface area contributed by atoms with E-state index in [1.807, 2.05) is 0 Å². The van der Waals surface area contributed by atoms with Gasteiger partial charge in [0, 0.05) is 31.6 Å². The largest absolute Gasteiger partial charge is 1.00 e. The number of carboxylic acids is 2. The van der Waals surface area contributed by atoms with E-state index in [-0.39, 0.29) is 91.6 Å². The van der Waals surface area contributed by atoms with Gasteiger partial charge in [-0.15, -0.1) is 0 Å². The average Bonchev–Trinajstić information content (AvgIpc) is 2.08. The molecule has 0 bridgehead atoms. The summed E-state index contributed by atoms with van der Waals surface area (Å²) >= 11 is 0. The molecule has 0 heterocycles. The van der Waals surface area contributed by atoms with Gasteiger partial charge in [0.2, 0.25) is 0 Å². The van der Waals surface area contributed by atoms with Crippen LogP contribution in [-0.2, 0) is 9.59 Å². The molecule has 0 radical (unpaired) electrons. The minimum absolute atomic E-state index is 0. The van der Waals surface area contributed by atoms with E-state index in [4.69, 9.17) is 5.11 Å². The van der Waals surface area contributed by atoms with Gasteiger partial charge < -0.3 is 29.8 Å². The van der Waals surface area contributed by atoms with E-state index >= 15 is 0 Å². The quantitative estimate of drug-likeness (QED) is 0.436. The Morgan fingerprint density at radius 2 is 1.47 bits per heavy atom. The number of aliphatic hydroxyl groups is 1. The SMILES string of the molecule is CC(O)CN(CCC(=O)[O-])CCC(=O)[O-].[Na+].[Na+]. The standard InChI is InChI=1S/C9H17NO5.2Na/c1-7(11)6-10(4-2-8(12)13)5-3-9(14)15;;/h7,11H,2-6H2,1H3,(H,12,13)(H,14,15);;/q;2*+1/p-2. The van der Waals surface area contributed by atoms with Crippen LogP contribution in [0.4, 0.5) is 0 Å². The first kappa shape index (κ1) is 23.0. The zero-order valence-corrected chi connectivity index (χ0v) is 14.6. The van der Waals surface area contributed by atoms with Crippen molar-refractivity contribution in [3.8, 4) is 0 Å². The van der Waals surface area contributed by atoms with E-state index in [0.717, 1.165) is 0 Å². The fourth-order valence-corrected chi connectivity index (χ4v) is 1.17. The fraction of sp³-hybridized carbons (Fsp3) is 0.778. The maximum Gasteiger partial charge on any atom is 1.00 e. The van der Waals surface area contributed by atoms with Crippen molar-refractivity contribution in [2.75, 3.05) is 19.6 Å². The molecule has 17 heavy (non-hydrogen) atoms. The number of carbonyl (C=O) groups is 2. The summed E-state index contributed by atoms with van der Waals surface area (Å²) in [6, 6.07) is 0. The molecule has 0 fully saturated rings. The Balaban J connectivity index is -0.000000980. The molecule has 0 amide bonds. The van der Waals surface area contributed by atoms with Crippen molar-refractivity contribution in [3.05, 3.63) is 0 Å². The number of hydrogen-bond acceptors (Lipinski definition) is 6. The summed E-state index contributed by atoms with van der Waals surface area (Å²) in [6.07, 6.45) is -0.993. The number of rotatable bonds is 8. The predicted molar refractivity (Wildman–Crippen MR) is 47.4 cm³/mol. The van der Waals surface area contributed by atoms with Crippen molar-refractivity contribution in [2.24, 2.45) is 0 Å². The third-order valence-corrected chi connectivity index (χ3v) is 1.79. The van der Waals surface area contributed by atoms with Crippen molar-refractivity contribution < 1.29 is 84.0 Å². The summed E-state index contributed by atoms with van der Waals surface area (Å²) in [5.74, 6) is -2.39. The minimum Gasteiger partial charge on any atom is -0.550 e. The zero-order chi connectivity index (χ0) is 11.8. The van der Waals surface area contributed by atoms with E-state index in [1.165, 1.54) is 0 Å². The van der Waals surface area contributed by atoms with Gasteiger partial charge in [0.05, 0.1) is 6.10 Å². The predicted octanol–water partition coefficient (Wildman–Crippen LogP) is -9.04. The first-order valence-electron chi connectivity index (χ1n) is 4.72. The summed E-state index contributed by atoms with van der Waals surface area (Å²) in [5, 5.41) is 29.5. The number of carbonyl (C=O) groups excluding carboxylic acids is 2. The molecule has 0 aliphatic carbocycles. The second-order valence-electron chi connectivity index (χ2n) is 3.39. The van der Waals surface area contributed by atoms with Crippen LogP contribution in [0.2, 0.25) is 0 Å². The van der Waals surface area contributed by atoms with Crippen LogP contribution in [0.5, 0.6) is 0 Å². The molecule has 8 heteroatoms. The summed E-state index contributed by atoms with van der Waals surface area (Å²) in [5.41, 5.74) is 0. The van der Waals surface area contributed by atoms with Crippen molar-refractivity contribution in [1.82, 2.24) is 4.90 Å². The molecule has 0 aromatic rings. The fourth-order valence-electron chi connectivity index (χ4n) is 1.17. The first-order valence-corrected chi connectivity index (χ1v) is 4.72. The van der Waals surface area contributed by atoms with E-state index < -0.39 is 18.0 Å². The Bertz CT molecular complexity index is 207. The molecule has 1 atom stereocenters. The normalized spacial score (nSPS) is 11.2. The van der Waals surface area contributed by atoms with Crippen LogP contribution in [0.25, 0.3) is 0 Å². The summed E-state index contributed by atoms with van der Waals surface area (Å²) in [6.45, 7) is 2.12. The third kappa shape index (κ3) is 16.9. The first-order chi connectivity index (χ1) is 6.91. The van der Waals surface area contributed by atoms with Gasteiger partial charge in [-0.3, -0.25) is 0 Å². The van der Waals surface area contributed by atoms with E-state index in [9.17, 15) is 19.8 Å². The van der Waals surface area contributed by atoms with Crippen LogP contribution >= 0.6 is 0 Å². The Morgan fingerprint density at radius 3 is 1.71 bits per heavy atom. The van der Waals surface area contributed by atoms with Gasteiger partial charge in [0.25, 0.3) is 0 Å². The molecule has 0 aromatic heterocycles. The van der Waals surface area contributed by atoms with Crippen LogP contribution in [0.15, 0.2) is 0 Å². The van der Waals surface area contributed by atoms with Crippen LogP contribution in [-0.4, -0.2) is 47.7 Å². The van der Waals surface area contributed by atoms with Crippen LogP contribution in [0.1, 0.15) is 19.8 Å². The molecule has 1 unspecified atom stereocenters. The van der Waals surface area contributed by atoms with Gasteiger partial charge in [-0.2, -0.15) is 0 Å². The van der Waals surface area contributed by atoms with Gasteiger partial charge in [0.1, 0.15) is 0 Å². The maximum atomic E-state index is 10.2. The number of aliphatic hydroxyl groups excluding tert-OH is 1. The smallest absolute Gasteiger partial charge is 0.550 e. The Hall–Kier alpha value is 0.860. The van der Waals surface area contributed by atoms with E-state index in [2.05, 4.69) is 0 Å². The monoisotopic (exact) mass is 263 g/mol. The number of nitrogens with zero attached hydrogens (tertiary/aromatic N) is 1. The van der Waals surface area contributed by atoms with Gasteiger partial charge in [-0.05, 0) is 19.8 Å². The average molecular weight is 263 g/mol. The van der Waals surface area contributed by atoms with Crippen molar-refractivity contribution in [3.63, 3.8) is 0 Å².